The number of aromatic nitrogens is 2. The maximum absolute atomic E-state index is 11.9. The van der Waals surface area contributed by atoms with Crippen LogP contribution in [0.2, 0.25) is 0 Å². The predicted octanol–water partition coefficient (Wildman–Crippen LogP) is 1.76. The molecule has 1 aromatic heterocycles. The number of nitrogens with one attached hydrogen (secondary N) is 1. The summed E-state index contributed by atoms with van der Waals surface area (Å²) in [6, 6.07) is 0. The Labute approximate surface area is 120 Å². The zero-order valence-electron chi connectivity index (χ0n) is 13.2. The van der Waals surface area contributed by atoms with E-state index < -0.39 is 0 Å². The van der Waals surface area contributed by atoms with Gasteiger partial charge in [-0.3, -0.25) is 9.69 Å². The van der Waals surface area contributed by atoms with E-state index in [2.05, 4.69) is 22.4 Å². The second kappa shape index (κ2) is 7.38. The van der Waals surface area contributed by atoms with E-state index in [9.17, 15) is 4.79 Å². The van der Waals surface area contributed by atoms with Crippen molar-refractivity contribution in [1.29, 1.82) is 0 Å². The van der Waals surface area contributed by atoms with Crippen molar-refractivity contribution in [3.8, 4) is 0 Å². The first-order valence-electron chi connectivity index (χ1n) is 7.19. The molecule has 0 spiro atoms. The molecule has 1 rings (SSSR count). The van der Waals surface area contributed by atoms with E-state index in [1.54, 1.807) is 0 Å². The molecule has 114 valence electrons. The van der Waals surface area contributed by atoms with Gasteiger partial charge in [-0.25, -0.2) is 0 Å². The Hall–Kier alpha value is -1.43. The lowest BCUT2D eigenvalue weighted by molar-refractivity contribution is -0.123. The van der Waals surface area contributed by atoms with Crippen LogP contribution in [0.5, 0.6) is 0 Å². The van der Waals surface area contributed by atoms with E-state index in [4.69, 9.17) is 4.52 Å². The van der Waals surface area contributed by atoms with Crippen molar-refractivity contribution in [2.75, 3.05) is 13.1 Å². The van der Waals surface area contributed by atoms with E-state index >= 15 is 0 Å². The lowest BCUT2D eigenvalue weighted by Crippen LogP contribution is -2.45. The third-order valence-electron chi connectivity index (χ3n) is 2.67. The quantitative estimate of drug-likeness (QED) is 0.825. The highest BCUT2D eigenvalue weighted by atomic mass is 16.5. The minimum absolute atomic E-state index is 0.00708. The summed E-state index contributed by atoms with van der Waals surface area (Å²) < 4.78 is 5.20. The summed E-state index contributed by atoms with van der Waals surface area (Å²) in [5, 5.41) is 6.87. The molecule has 0 unspecified atom stereocenters. The molecule has 1 N–H and O–H groups in total. The number of carbonyl (C=O) groups excluding carboxylic acids is 1. The molecule has 0 aliphatic rings. The van der Waals surface area contributed by atoms with Crippen molar-refractivity contribution in [1.82, 2.24) is 20.4 Å². The number of likely N-dealkylation sites (N-methyl/N-ethyl adjacent to an activating group) is 1. The number of aryl methyl sites for hydroxylation is 1. The van der Waals surface area contributed by atoms with Crippen molar-refractivity contribution in [3.63, 3.8) is 0 Å². The van der Waals surface area contributed by atoms with Crippen LogP contribution in [0.4, 0.5) is 0 Å². The van der Waals surface area contributed by atoms with Crippen LogP contribution in [0.3, 0.4) is 0 Å². The van der Waals surface area contributed by atoms with E-state index in [0.717, 1.165) is 25.2 Å². The summed E-state index contributed by atoms with van der Waals surface area (Å²) in [6.07, 6.45) is 1.81. The van der Waals surface area contributed by atoms with Gasteiger partial charge in [-0.1, -0.05) is 19.0 Å². The average molecular weight is 282 g/mol. The average Bonchev–Trinajstić information content (AvgIpc) is 2.73. The normalized spacial score (nSPS) is 11.9. The first-order chi connectivity index (χ1) is 9.34. The van der Waals surface area contributed by atoms with E-state index in [-0.39, 0.29) is 11.4 Å². The van der Waals surface area contributed by atoms with Crippen LogP contribution in [-0.4, -0.2) is 39.6 Å². The van der Waals surface area contributed by atoms with Gasteiger partial charge in [0.1, 0.15) is 0 Å². The van der Waals surface area contributed by atoms with E-state index in [1.807, 2.05) is 32.6 Å². The summed E-state index contributed by atoms with van der Waals surface area (Å²) in [5.41, 5.74) is -0.213. The van der Waals surface area contributed by atoms with Crippen LogP contribution in [0.15, 0.2) is 4.52 Å². The third kappa shape index (κ3) is 6.14. The molecule has 0 saturated carbocycles. The van der Waals surface area contributed by atoms with Crippen molar-refractivity contribution < 1.29 is 9.32 Å². The Kier molecular flexibility index (Phi) is 6.13. The van der Waals surface area contributed by atoms with Crippen LogP contribution < -0.4 is 5.32 Å². The molecular weight excluding hydrogens is 256 g/mol. The van der Waals surface area contributed by atoms with Crippen molar-refractivity contribution in [2.45, 2.75) is 59.5 Å². The molecule has 1 heterocycles. The van der Waals surface area contributed by atoms with E-state index in [0.29, 0.717) is 19.0 Å². The van der Waals surface area contributed by atoms with Gasteiger partial charge in [0.2, 0.25) is 11.8 Å². The minimum atomic E-state index is -0.213. The number of hydrogen-bond acceptors (Lipinski definition) is 5. The first-order valence-corrected chi connectivity index (χ1v) is 7.19. The lowest BCUT2D eigenvalue weighted by Gasteiger charge is -2.23. The van der Waals surface area contributed by atoms with Gasteiger partial charge in [0.15, 0.2) is 5.82 Å². The van der Waals surface area contributed by atoms with Gasteiger partial charge in [0.25, 0.3) is 0 Å². The van der Waals surface area contributed by atoms with Crippen molar-refractivity contribution in [3.05, 3.63) is 11.7 Å². The molecule has 0 aromatic carbocycles. The van der Waals surface area contributed by atoms with Gasteiger partial charge in [-0.2, -0.15) is 4.98 Å². The highest BCUT2D eigenvalue weighted by Gasteiger charge is 2.17. The zero-order valence-corrected chi connectivity index (χ0v) is 13.2. The summed E-state index contributed by atoms with van der Waals surface area (Å²) >= 11 is 0. The molecule has 0 aliphatic carbocycles. The van der Waals surface area contributed by atoms with Gasteiger partial charge in [-0.05, 0) is 33.7 Å². The Morgan fingerprint density at radius 2 is 2.05 bits per heavy atom. The van der Waals surface area contributed by atoms with Crippen LogP contribution in [0.1, 0.15) is 52.8 Å². The molecule has 0 radical (unpaired) electrons. The molecule has 0 fully saturated rings. The van der Waals surface area contributed by atoms with Gasteiger partial charge < -0.3 is 9.84 Å². The van der Waals surface area contributed by atoms with Crippen LogP contribution in [0, 0.1) is 0 Å². The summed E-state index contributed by atoms with van der Waals surface area (Å²) in [5.74, 6) is 1.31. The molecule has 1 amide bonds. The fourth-order valence-corrected chi connectivity index (χ4v) is 1.81. The number of carbonyl (C=O) groups is 1. The molecule has 0 atom stereocenters. The van der Waals surface area contributed by atoms with Crippen molar-refractivity contribution in [2.24, 2.45) is 0 Å². The number of nitrogens with zero attached hydrogens (tertiary/aromatic N) is 3. The van der Waals surface area contributed by atoms with E-state index in [1.165, 1.54) is 0 Å². The second-order valence-electron chi connectivity index (χ2n) is 5.96. The van der Waals surface area contributed by atoms with Gasteiger partial charge >= 0.3 is 0 Å². The molecule has 20 heavy (non-hydrogen) atoms. The zero-order chi connectivity index (χ0) is 15.2. The van der Waals surface area contributed by atoms with Crippen LogP contribution in [-0.2, 0) is 17.8 Å². The molecule has 0 aliphatic heterocycles. The van der Waals surface area contributed by atoms with Gasteiger partial charge in [0.05, 0.1) is 13.1 Å². The first kappa shape index (κ1) is 16.6. The van der Waals surface area contributed by atoms with Crippen LogP contribution in [0.25, 0.3) is 0 Å². The summed E-state index contributed by atoms with van der Waals surface area (Å²) in [6.45, 7) is 11.6. The van der Waals surface area contributed by atoms with Crippen molar-refractivity contribution >= 4 is 5.91 Å². The van der Waals surface area contributed by atoms with Gasteiger partial charge in [0, 0.05) is 12.0 Å². The Bertz CT molecular complexity index is 423. The van der Waals surface area contributed by atoms with Gasteiger partial charge in [-0.15, -0.1) is 0 Å². The Morgan fingerprint density at radius 1 is 1.35 bits per heavy atom. The Morgan fingerprint density at radius 3 is 2.60 bits per heavy atom. The molecule has 0 saturated heterocycles. The lowest BCUT2D eigenvalue weighted by atomic mass is 10.1. The minimum Gasteiger partial charge on any atom is -0.350 e. The smallest absolute Gasteiger partial charge is 0.240 e. The maximum atomic E-state index is 11.9. The molecular formula is C14H26N4O2. The fraction of sp³-hybridized carbons (Fsp3) is 0.786. The molecule has 1 aromatic rings. The fourth-order valence-electron chi connectivity index (χ4n) is 1.81. The third-order valence-corrected chi connectivity index (χ3v) is 2.67. The van der Waals surface area contributed by atoms with Crippen LogP contribution >= 0.6 is 0 Å². The maximum Gasteiger partial charge on any atom is 0.240 e. The predicted molar refractivity (Wildman–Crippen MR) is 77.1 cm³/mol. The summed E-state index contributed by atoms with van der Waals surface area (Å²) in [4.78, 5) is 18.2. The number of amides is 1. The largest absolute Gasteiger partial charge is 0.350 e. The SMILES string of the molecule is CCCc1noc(CN(CC)CC(=O)NC(C)(C)C)n1. The molecule has 6 heteroatoms. The molecule has 6 nitrogen and oxygen atoms in total. The topological polar surface area (TPSA) is 71.3 Å². The summed E-state index contributed by atoms with van der Waals surface area (Å²) in [7, 11) is 0. The number of hydrogen-bond donors (Lipinski definition) is 1. The monoisotopic (exact) mass is 282 g/mol. The highest BCUT2D eigenvalue weighted by molar-refractivity contribution is 5.78. The Balaban J connectivity index is 2.51. The second-order valence-corrected chi connectivity index (χ2v) is 5.96. The standard InChI is InChI=1S/C14H26N4O2/c1-6-8-11-15-13(20-17-11)10-18(7-2)9-12(19)16-14(3,4)5/h6-10H2,1-5H3,(H,16,19). The highest BCUT2D eigenvalue weighted by Crippen LogP contribution is 2.05. The molecule has 0 bridgehead atoms. The number of rotatable bonds is 7.